The number of nitrogens with zero attached hydrogens (tertiary/aromatic N) is 1. The van der Waals surface area contributed by atoms with Gasteiger partial charge in [0.2, 0.25) is 0 Å². The highest BCUT2D eigenvalue weighted by atomic mass is 127. The molecule has 1 aromatic carbocycles. The van der Waals surface area contributed by atoms with E-state index in [0.717, 1.165) is 14.9 Å². The van der Waals surface area contributed by atoms with Crippen LogP contribution in [0.3, 0.4) is 0 Å². The molecule has 6 nitrogen and oxygen atoms in total. The van der Waals surface area contributed by atoms with Crippen LogP contribution in [0.1, 0.15) is 20.4 Å². The molecule has 21 heavy (non-hydrogen) atoms. The molecule has 0 saturated heterocycles. The normalized spacial score (nSPS) is 10.2. The van der Waals surface area contributed by atoms with E-state index in [1.807, 2.05) is 18.2 Å². The summed E-state index contributed by atoms with van der Waals surface area (Å²) in [6.07, 6.45) is 0. The Kier molecular flexibility index (Phi) is 5.12. The van der Waals surface area contributed by atoms with Gasteiger partial charge in [0.05, 0.1) is 12.2 Å². The van der Waals surface area contributed by atoms with Gasteiger partial charge in [-0.1, -0.05) is 6.07 Å². The van der Waals surface area contributed by atoms with Gasteiger partial charge in [-0.3, -0.25) is 0 Å². The Bertz CT molecular complexity index is 687. The molecule has 0 fully saturated rings. The van der Waals surface area contributed by atoms with E-state index in [2.05, 4.69) is 38.2 Å². The van der Waals surface area contributed by atoms with E-state index in [9.17, 15) is 9.59 Å². The number of carbonyl (C=O) groups excluding carboxylic acids is 1. The summed E-state index contributed by atoms with van der Waals surface area (Å²) in [6.45, 7) is 1.82. The molecule has 2 rings (SSSR count). The number of hydrogen-bond donors (Lipinski definition) is 3. The number of benzene rings is 1. The Morgan fingerprint density at radius 2 is 2.19 bits per heavy atom. The van der Waals surface area contributed by atoms with Crippen molar-refractivity contribution in [3.8, 4) is 0 Å². The van der Waals surface area contributed by atoms with E-state index in [1.54, 1.807) is 13.0 Å². The molecule has 0 saturated carbocycles. The summed E-state index contributed by atoms with van der Waals surface area (Å²) < 4.78 is 1.02. The number of amides is 2. The molecule has 2 aromatic rings. The molecule has 3 N–H and O–H groups in total. The third-order valence-corrected chi connectivity index (χ3v) is 4.33. The minimum atomic E-state index is -1.00. The number of anilines is 1. The van der Waals surface area contributed by atoms with Crippen molar-refractivity contribution in [3.63, 3.8) is 0 Å². The molecule has 0 aliphatic carbocycles. The summed E-state index contributed by atoms with van der Waals surface area (Å²) in [5, 5.41) is 14.9. The van der Waals surface area contributed by atoms with Crippen molar-refractivity contribution in [2.24, 2.45) is 0 Å². The smallest absolute Gasteiger partial charge is 0.347 e. The van der Waals surface area contributed by atoms with Crippen molar-refractivity contribution >= 4 is 51.6 Å². The zero-order chi connectivity index (χ0) is 15.4. The number of carboxylic acid groups (broad SMARTS) is 1. The predicted octanol–water partition coefficient (Wildman–Crippen LogP) is 3.08. The molecule has 0 aliphatic heterocycles. The van der Waals surface area contributed by atoms with E-state index < -0.39 is 5.97 Å². The van der Waals surface area contributed by atoms with E-state index >= 15 is 0 Å². The van der Waals surface area contributed by atoms with Crippen LogP contribution in [0.5, 0.6) is 0 Å². The van der Waals surface area contributed by atoms with Crippen molar-refractivity contribution in [1.82, 2.24) is 10.3 Å². The minimum Gasteiger partial charge on any atom is -0.477 e. The minimum absolute atomic E-state index is 0.189. The highest BCUT2D eigenvalue weighted by Crippen LogP contribution is 2.18. The number of aryl methyl sites for hydroxylation is 1. The second kappa shape index (κ2) is 6.85. The van der Waals surface area contributed by atoms with E-state index in [-0.39, 0.29) is 17.5 Å². The van der Waals surface area contributed by atoms with Crippen LogP contribution >= 0.6 is 33.9 Å². The fourth-order valence-electron chi connectivity index (χ4n) is 1.62. The molecular weight excluding hydrogens is 405 g/mol. The first-order valence-electron chi connectivity index (χ1n) is 5.95. The van der Waals surface area contributed by atoms with Crippen LogP contribution < -0.4 is 10.6 Å². The summed E-state index contributed by atoms with van der Waals surface area (Å²) >= 11 is 3.22. The number of hydrogen-bond acceptors (Lipinski definition) is 4. The van der Waals surface area contributed by atoms with Gasteiger partial charge in [0.1, 0.15) is 9.88 Å². The van der Waals surface area contributed by atoms with Gasteiger partial charge in [0.15, 0.2) is 0 Å². The Morgan fingerprint density at radius 3 is 2.81 bits per heavy atom. The summed E-state index contributed by atoms with van der Waals surface area (Å²) in [6, 6.07) is 7.05. The number of halogens is 1. The lowest BCUT2D eigenvalue weighted by Crippen LogP contribution is -2.28. The average Bonchev–Trinajstić information content (AvgIpc) is 2.78. The third-order valence-electron chi connectivity index (χ3n) is 2.52. The SMILES string of the molecule is Cc1nc(CNC(=O)Nc2cccc(I)c2)sc1C(=O)O. The van der Waals surface area contributed by atoms with Crippen LogP contribution in [0.2, 0.25) is 0 Å². The highest BCUT2D eigenvalue weighted by molar-refractivity contribution is 14.1. The van der Waals surface area contributed by atoms with Gasteiger partial charge < -0.3 is 15.7 Å². The second-order valence-electron chi connectivity index (χ2n) is 4.15. The number of rotatable bonds is 4. The van der Waals surface area contributed by atoms with Gasteiger partial charge in [0, 0.05) is 9.26 Å². The van der Waals surface area contributed by atoms with Gasteiger partial charge in [-0.15, -0.1) is 11.3 Å². The lowest BCUT2D eigenvalue weighted by Gasteiger charge is -2.06. The zero-order valence-electron chi connectivity index (χ0n) is 11.0. The number of nitrogens with one attached hydrogen (secondary N) is 2. The Hall–Kier alpha value is -1.68. The molecule has 2 amide bonds. The summed E-state index contributed by atoms with van der Waals surface area (Å²) in [5.41, 5.74) is 1.16. The number of carbonyl (C=O) groups is 2. The van der Waals surface area contributed by atoms with Crippen LogP contribution in [-0.4, -0.2) is 22.1 Å². The van der Waals surface area contributed by atoms with Crippen molar-refractivity contribution in [2.45, 2.75) is 13.5 Å². The number of thiazole rings is 1. The Labute approximate surface area is 138 Å². The zero-order valence-corrected chi connectivity index (χ0v) is 14.0. The molecule has 1 heterocycles. The van der Waals surface area contributed by atoms with Crippen LogP contribution in [0, 0.1) is 10.5 Å². The maximum atomic E-state index is 11.8. The molecule has 1 aromatic heterocycles. The quantitative estimate of drug-likeness (QED) is 0.667. The first kappa shape index (κ1) is 15.7. The largest absolute Gasteiger partial charge is 0.477 e. The van der Waals surface area contributed by atoms with E-state index in [4.69, 9.17) is 5.11 Å². The first-order chi connectivity index (χ1) is 9.95. The van der Waals surface area contributed by atoms with Gasteiger partial charge in [-0.25, -0.2) is 14.6 Å². The van der Waals surface area contributed by atoms with Gasteiger partial charge in [-0.05, 0) is 47.7 Å². The fraction of sp³-hybridized carbons (Fsp3) is 0.154. The van der Waals surface area contributed by atoms with Crippen LogP contribution in [0.15, 0.2) is 24.3 Å². The maximum Gasteiger partial charge on any atom is 0.347 e. The van der Waals surface area contributed by atoms with Gasteiger partial charge >= 0.3 is 12.0 Å². The Balaban J connectivity index is 1.92. The lowest BCUT2D eigenvalue weighted by molar-refractivity contribution is 0.0701. The number of urea groups is 1. The summed E-state index contributed by atoms with van der Waals surface area (Å²) in [4.78, 5) is 27.0. The molecule has 0 unspecified atom stereocenters. The van der Waals surface area contributed by atoms with Crippen molar-refractivity contribution in [2.75, 3.05) is 5.32 Å². The van der Waals surface area contributed by atoms with Crippen LogP contribution in [0.4, 0.5) is 10.5 Å². The first-order valence-corrected chi connectivity index (χ1v) is 7.85. The fourth-order valence-corrected chi connectivity index (χ4v) is 3.01. The topological polar surface area (TPSA) is 91.3 Å². The Morgan fingerprint density at radius 1 is 1.43 bits per heavy atom. The maximum absolute atomic E-state index is 11.8. The molecule has 8 heteroatoms. The molecule has 0 spiro atoms. The van der Waals surface area contributed by atoms with Crippen molar-refractivity contribution in [1.29, 1.82) is 0 Å². The van der Waals surface area contributed by atoms with Crippen molar-refractivity contribution < 1.29 is 14.7 Å². The molecular formula is C13H12IN3O3S. The second-order valence-corrected chi connectivity index (χ2v) is 6.47. The molecule has 110 valence electrons. The van der Waals surface area contributed by atoms with Gasteiger partial charge in [-0.2, -0.15) is 0 Å². The van der Waals surface area contributed by atoms with Crippen LogP contribution in [-0.2, 0) is 6.54 Å². The molecule has 0 aliphatic rings. The van der Waals surface area contributed by atoms with Crippen LogP contribution in [0.25, 0.3) is 0 Å². The highest BCUT2D eigenvalue weighted by Gasteiger charge is 2.14. The summed E-state index contributed by atoms with van der Waals surface area (Å²) in [5.74, 6) is -1.00. The number of aromatic nitrogens is 1. The third kappa shape index (κ3) is 4.39. The average molecular weight is 417 g/mol. The standard InChI is InChI=1S/C13H12IN3O3S/c1-7-11(12(18)19)21-10(16-7)6-15-13(20)17-9-4-2-3-8(14)5-9/h2-5H,6H2,1H3,(H,18,19)(H2,15,17,20). The van der Waals surface area contributed by atoms with E-state index in [0.29, 0.717) is 16.4 Å². The molecule has 0 bridgehead atoms. The number of carboxylic acids is 1. The summed E-state index contributed by atoms with van der Waals surface area (Å²) in [7, 11) is 0. The molecule has 0 atom stereocenters. The van der Waals surface area contributed by atoms with Gasteiger partial charge in [0.25, 0.3) is 0 Å². The number of aromatic carboxylic acids is 1. The van der Waals surface area contributed by atoms with Crippen molar-refractivity contribution in [3.05, 3.63) is 43.4 Å². The van der Waals surface area contributed by atoms with E-state index in [1.165, 1.54) is 0 Å². The molecule has 0 radical (unpaired) electrons. The lowest BCUT2D eigenvalue weighted by atomic mass is 10.3. The monoisotopic (exact) mass is 417 g/mol. The predicted molar refractivity (Wildman–Crippen MR) is 88.8 cm³/mol.